The van der Waals surface area contributed by atoms with E-state index < -0.39 is 74.2 Å². The number of hydrogen-bond acceptors (Lipinski definition) is 11. The number of methoxy groups -OCH3 is 1. The number of hydrogen-bond donors (Lipinski definition) is 3. The Hall–Kier alpha value is -4.77. The molecule has 0 unspecified atom stereocenters. The highest BCUT2D eigenvalue weighted by Crippen LogP contribution is 2.47. The standard InChI is InChI=1S/C44H57N7O8S2/c1-25-35(58-6)19-18-30-36(21-32(45-37(25)30)39-46-33(24-60-39)26-14-15-26)59-28-20-34-38(52)48-44(41(54)49-61(56,57)29-16-17-29)22-27(44)12-10-8-7-9-11-13-31(40(53)51(34)23-28)47-42(55)50(5)43(2,3)4/h10,12,18-19,21,24,26-29,31,34H,7-9,11,13-17,20,22-23H2,1-6H3,(H,47,55)(H,48,52)(H,49,54)/b12-10+/t27-,28-,31+,34+,44-/m1/s1. The third kappa shape index (κ3) is 8.95. The van der Waals surface area contributed by atoms with Crippen LogP contribution in [0, 0.1) is 12.8 Å². The number of carbonyl (C=O) groups excluding carboxylic acids is 4. The molecule has 0 bridgehead atoms. The summed E-state index contributed by atoms with van der Waals surface area (Å²) in [5.41, 5.74) is 1.14. The highest BCUT2D eigenvalue weighted by atomic mass is 32.2. The molecule has 1 saturated heterocycles. The van der Waals surface area contributed by atoms with Crippen LogP contribution in [0.2, 0.25) is 0 Å². The fraction of sp³-hybridized carbons (Fsp3) is 0.591. The Morgan fingerprint density at radius 3 is 2.52 bits per heavy atom. The summed E-state index contributed by atoms with van der Waals surface area (Å²) in [4.78, 5) is 70.1. The average molecular weight is 876 g/mol. The van der Waals surface area contributed by atoms with Gasteiger partial charge < -0.3 is 29.9 Å². The Bertz CT molecular complexity index is 2370. The molecule has 61 heavy (non-hydrogen) atoms. The Kier molecular flexibility index (Phi) is 11.6. The Labute approximate surface area is 361 Å². The second-order valence-corrected chi connectivity index (χ2v) is 21.2. The van der Waals surface area contributed by atoms with Gasteiger partial charge in [0.15, 0.2) is 0 Å². The van der Waals surface area contributed by atoms with E-state index in [1.807, 2.05) is 58.0 Å². The number of nitrogens with one attached hydrogen (secondary N) is 3. The minimum absolute atomic E-state index is 0.00829. The summed E-state index contributed by atoms with van der Waals surface area (Å²) in [6.45, 7) is 7.65. The molecule has 3 aliphatic carbocycles. The molecule has 3 aromatic rings. The lowest BCUT2D eigenvalue weighted by molar-refractivity contribution is -0.141. The number of carbonyl (C=O) groups is 4. The van der Waals surface area contributed by atoms with Crippen molar-refractivity contribution in [2.24, 2.45) is 5.92 Å². The number of amides is 5. The van der Waals surface area contributed by atoms with E-state index in [1.54, 1.807) is 19.1 Å². The Morgan fingerprint density at radius 1 is 1.05 bits per heavy atom. The average Bonchev–Trinajstić information content (AvgIpc) is 4.17. The van der Waals surface area contributed by atoms with Crippen LogP contribution in [0.1, 0.15) is 109 Å². The molecule has 2 aromatic heterocycles. The van der Waals surface area contributed by atoms with Gasteiger partial charge in [0.2, 0.25) is 21.8 Å². The van der Waals surface area contributed by atoms with E-state index in [0.29, 0.717) is 60.7 Å². The van der Waals surface area contributed by atoms with Crippen LogP contribution in [0.25, 0.3) is 21.6 Å². The molecule has 15 nitrogen and oxygen atoms in total. The number of aryl methyl sites for hydroxylation is 1. The third-order valence-electron chi connectivity index (χ3n) is 12.8. The number of sulfonamides is 1. The summed E-state index contributed by atoms with van der Waals surface area (Å²) in [5.74, 6) is -0.615. The number of benzene rings is 1. The fourth-order valence-corrected chi connectivity index (χ4v) is 10.6. The zero-order valence-corrected chi connectivity index (χ0v) is 37.4. The van der Waals surface area contributed by atoms with Crippen molar-refractivity contribution in [3.8, 4) is 22.2 Å². The second-order valence-electron chi connectivity index (χ2n) is 18.4. The van der Waals surface area contributed by atoms with Crippen molar-refractivity contribution in [3.05, 3.63) is 47.0 Å². The van der Waals surface area contributed by atoms with Crippen molar-refractivity contribution in [1.82, 2.24) is 35.1 Å². The van der Waals surface area contributed by atoms with Crippen molar-refractivity contribution in [2.45, 2.75) is 139 Å². The van der Waals surface area contributed by atoms with E-state index in [-0.39, 0.29) is 19.4 Å². The van der Waals surface area contributed by atoms with Crippen LogP contribution in [0.5, 0.6) is 11.5 Å². The largest absolute Gasteiger partial charge is 0.496 e. The first kappa shape index (κ1) is 42.9. The van der Waals surface area contributed by atoms with Crippen molar-refractivity contribution in [2.75, 3.05) is 20.7 Å². The molecule has 0 spiro atoms. The lowest BCUT2D eigenvalue weighted by Crippen LogP contribution is -2.59. The maximum atomic E-state index is 14.9. The van der Waals surface area contributed by atoms with Gasteiger partial charge in [-0.25, -0.2) is 23.2 Å². The number of urea groups is 1. The monoisotopic (exact) mass is 875 g/mol. The molecule has 3 N–H and O–H groups in total. The van der Waals surface area contributed by atoms with Crippen LogP contribution in [0.3, 0.4) is 0 Å². The maximum Gasteiger partial charge on any atom is 0.318 e. The summed E-state index contributed by atoms with van der Waals surface area (Å²) >= 11 is 1.52. The van der Waals surface area contributed by atoms with Gasteiger partial charge in [0.25, 0.3) is 5.91 Å². The molecular formula is C44H57N7O8S2. The van der Waals surface area contributed by atoms with Gasteiger partial charge in [0, 0.05) is 53.2 Å². The van der Waals surface area contributed by atoms with Gasteiger partial charge in [-0.1, -0.05) is 25.0 Å². The minimum atomic E-state index is -3.91. The molecule has 0 radical (unpaired) electrons. The van der Waals surface area contributed by atoms with Gasteiger partial charge in [-0.15, -0.1) is 11.3 Å². The number of aromatic nitrogens is 2. The molecule has 5 aliphatic rings. The number of ether oxygens (including phenoxy) is 2. The highest BCUT2D eigenvalue weighted by molar-refractivity contribution is 7.91. The summed E-state index contributed by atoms with van der Waals surface area (Å²) in [5, 5.41) is 8.84. The molecule has 2 aliphatic heterocycles. The number of nitrogens with zero attached hydrogens (tertiary/aromatic N) is 4. The van der Waals surface area contributed by atoms with Crippen LogP contribution in [0.15, 0.2) is 35.7 Å². The van der Waals surface area contributed by atoms with Crippen LogP contribution in [0.4, 0.5) is 4.79 Å². The zero-order chi connectivity index (χ0) is 43.4. The SMILES string of the molecule is COc1ccc2c(O[C@@H]3C[C@H]4C(=O)N[C@]5(C(=O)NS(=O)(=O)C6CC6)C[C@H]5/C=C/CCCCC[C@H](NC(=O)N(C)C(C)(C)C)C(=O)N4C3)cc(-c3nc(C4CC4)cs3)nc2c1C. The number of allylic oxidation sites excluding steroid dienone is 1. The van der Waals surface area contributed by atoms with Crippen LogP contribution < -0.4 is 24.8 Å². The molecule has 5 atom stereocenters. The van der Waals surface area contributed by atoms with Crippen molar-refractivity contribution < 1.29 is 37.1 Å². The lowest BCUT2D eigenvalue weighted by atomic mass is 10.0. The topological polar surface area (TPSA) is 189 Å². The quantitative estimate of drug-likeness (QED) is 0.225. The number of thiazole rings is 1. The second kappa shape index (κ2) is 16.5. The predicted octanol–water partition coefficient (Wildman–Crippen LogP) is 5.71. The van der Waals surface area contributed by atoms with E-state index in [2.05, 4.69) is 20.7 Å². The molecule has 17 heteroatoms. The summed E-state index contributed by atoms with van der Waals surface area (Å²) in [7, 11) is -0.620. The maximum absolute atomic E-state index is 14.9. The van der Waals surface area contributed by atoms with E-state index in [0.717, 1.165) is 47.3 Å². The molecule has 5 amide bonds. The Morgan fingerprint density at radius 2 is 1.82 bits per heavy atom. The number of rotatable bonds is 9. The molecule has 4 heterocycles. The highest BCUT2D eigenvalue weighted by Gasteiger charge is 2.62. The molecule has 328 valence electrons. The summed E-state index contributed by atoms with van der Waals surface area (Å²) < 4.78 is 40.7. The molecule has 1 aromatic carbocycles. The lowest BCUT2D eigenvalue weighted by Gasteiger charge is -2.35. The van der Waals surface area contributed by atoms with Gasteiger partial charge in [-0.3, -0.25) is 19.1 Å². The van der Waals surface area contributed by atoms with Gasteiger partial charge in [0.05, 0.1) is 30.1 Å². The van der Waals surface area contributed by atoms with E-state index in [4.69, 9.17) is 19.4 Å². The number of pyridine rings is 1. The van der Waals surface area contributed by atoms with E-state index in [9.17, 15) is 27.6 Å². The van der Waals surface area contributed by atoms with Crippen LogP contribution in [-0.4, -0.2) is 107 Å². The smallest absolute Gasteiger partial charge is 0.318 e. The minimum Gasteiger partial charge on any atom is -0.496 e. The van der Waals surface area contributed by atoms with Crippen LogP contribution in [-0.2, 0) is 24.4 Å². The first-order valence-electron chi connectivity index (χ1n) is 21.5. The summed E-state index contributed by atoms with van der Waals surface area (Å²) in [6.07, 6.45) is 9.92. The van der Waals surface area contributed by atoms with Crippen molar-refractivity contribution >= 4 is 56.0 Å². The molecule has 4 fully saturated rings. The first-order valence-corrected chi connectivity index (χ1v) is 23.9. The van der Waals surface area contributed by atoms with Gasteiger partial charge in [0.1, 0.15) is 45.9 Å². The molecular weight excluding hydrogens is 819 g/mol. The molecule has 8 rings (SSSR count). The van der Waals surface area contributed by atoms with E-state index in [1.165, 1.54) is 16.2 Å². The van der Waals surface area contributed by atoms with Crippen LogP contribution >= 0.6 is 11.3 Å². The number of fused-ring (bicyclic) bond motifs is 3. The molecule has 3 saturated carbocycles. The van der Waals surface area contributed by atoms with Gasteiger partial charge >= 0.3 is 6.03 Å². The third-order valence-corrected chi connectivity index (χ3v) is 15.6. The van der Waals surface area contributed by atoms with E-state index >= 15 is 0 Å². The van der Waals surface area contributed by atoms with Crippen molar-refractivity contribution in [3.63, 3.8) is 0 Å². The predicted molar refractivity (Wildman–Crippen MR) is 232 cm³/mol. The van der Waals surface area contributed by atoms with Gasteiger partial charge in [-0.05, 0) is 91.2 Å². The summed E-state index contributed by atoms with van der Waals surface area (Å²) in [6, 6.07) is 3.12. The normalized spacial score (nSPS) is 26.6. The van der Waals surface area contributed by atoms with Crippen molar-refractivity contribution in [1.29, 1.82) is 0 Å². The first-order chi connectivity index (χ1) is 29.0. The zero-order valence-electron chi connectivity index (χ0n) is 35.8. The fourth-order valence-electron chi connectivity index (χ4n) is 8.36. The Balaban J connectivity index is 1.14. The van der Waals surface area contributed by atoms with Gasteiger partial charge in [-0.2, -0.15) is 0 Å².